The molecule has 26 heavy (non-hydrogen) atoms. The molecule has 136 valence electrons. The zero-order chi connectivity index (χ0) is 18.5. The van der Waals surface area contributed by atoms with Crippen molar-refractivity contribution >= 4 is 23.8 Å². The van der Waals surface area contributed by atoms with Gasteiger partial charge in [0.2, 0.25) is 0 Å². The number of hydroxylamine groups is 2. The van der Waals surface area contributed by atoms with E-state index in [-0.39, 0.29) is 17.1 Å². The van der Waals surface area contributed by atoms with Gasteiger partial charge in [-0.2, -0.15) is 0 Å². The summed E-state index contributed by atoms with van der Waals surface area (Å²) in [4.78, 5) is 54.9. The SMILES string of the molecule is COC(=O)C12CCC(C(=O)ON3C(=O)c4ccccc4C3=O)(CC1)CC2. The van der Waals surface area contributed by atoms with Crippen molar-refractivity contribution in [3.63, 3.8) is 0 Å². The van der Waals surface area contributed by atoms with Crippen LogP contribution >= 0.6 is 0 Å². The highest BCUT2D eigenvalue weighted by atomic mass is 16.7. The molecule has 0 N–H and O–H groups in total. The van der Waals surface area contributed by atoms with Gasteiger partial charge in [-0.3, -0.25) is 14.4 Å². The van der Waals surface area contributed by atoms with Gasteiger partial charge in [-0.05, 0) is 50.7 Å². The van der Waals surface area contributed by atoms with Crippen molar-refractivity contribution < 1.29 is 28.8 Å². The summed E-state index contributed by atoms with van der Waals surface area (Å²) in [6.45, 7) is 0. The van der Waals surface area contributed by atoms with Crippen molar-refractivity contribution in [2.24, 2.45) is 10.8 Å². The molecular weight excluding hydrogens is 338 g/mol. The first kappa shape index (κ1) is 16.8. The molecule has 0 saturated heterocycles. The van der Waals surface area contributed by atoms with Crippen LogP contribution in [0.15, 0.2) is 24.3 Å². The summed E-state index contributed by atoms with van der Waals surface area (Å²) in [7, 11) is 1.38. The zero-order valence-electron chi connectivity index (χ0n) is 14.4. The molecule has 2 amide bonds. The molecule has 1 heterocycles. The molecule has 3 saturated carbocycles. The lowest BCUT2D eigenvalue weighted by Crippen LogP contribution is -2.51. The highest BCUT2D eigenvalue weighted by molar-refractivity contribution is 6.20. The second-order valence-electron chi connectivity index (χ2n) is 7.38. The lowest BCUT2D eigenvalue weighted by atomic mass is 9.53. The van der Waals surface area contributed by atoms with Gasteiger partial charge in [0.15, 0.2) is 0 Å². The van der Waals surface area contributed by atoms with E-state index in [1.807, 2.05) is 0 Å². The van der Waals surface area contributed by atoms with Crippen LogP contribution in [-0.4, -0.2) is 35.9 Å². The number of hydrogen-bond donors (Lipinski definition) is 0. The lowest BCUT2D eigenvalue weighted by molar-refractivity contribution is -0.194. The van der Waals surface area contributed by atoms with Crippen LogP contribution in [0.1, 0.15) is 59.2 Å². The summed E-state index contributed by atoms with van der Waals surface area (Å²) in [5, 5.41) is 0.568. The number of imide groups is 1. The normalized spacial score (nSPS) is 29.5. The molecule has 4 aliphatic rings. The number of nitrogens with zero attached hydrogens (tertiary/aromatic N) is 1. The Balaban J connectivity index is 1.50. The molecule has 7 heteroatoms. The average Bonchev–Trinajstić information content (AvgIpc) is 2.94. The summed E-state index contributed by atoms with van der Waals surface area (Å²) in [6, 6.07) is 6.38. The Hall–Kier alpha value is -2.70. The van der Waals surface area contributed by atoms with Crippen LogP contribution in [0.5, 0.6) is 0 Å². The number of esters is 1. The maximum Gasteiger partial charge on any atom is 0.339 e. The van der Waals surface area contributed by atoms with Gasteiger partial charge in [-0.15, -0.1) is 0 Å². The van der Waals surface area contributed by atoms with Crippen LogP contribution in [0.2, 0.25) is 0 Å². The van der Waals surface area contributed by atoms with Gasteiger partial charge in [-0.25, -0.2) is 4.79 Å². The Morgan fingerprint density at radius 3 is 1.69 bits per heavy atom. The fourth-order valence-corrected chi connectivity index (χ4v) is 4.44. The molecule has 3 fully saturated rings. The molecule has 0 spiro atoms. The van der Waals surface area contributed by atoms with Crippen LogP contribution in [0.4, 0.5) is 0 Å². The van der Waals surface area contributed by atoms with Gasteiger partial charge in [0.05, 0.1) is 29.1 Å². The molecule has 1 aliphatic heterocycles. The molecule has 1 aromatic rings. The number of carbonyl (C=O) groups excluding carboxylic acids is 4. The summed E-state index contributed by atoms with van der Waals surface area (Å²) in [6.07, 6.45) is 3.13. The zero-order valence-corrected chi connectivity index (χ0v) is 14.4. The summed E-state index contributed by atoms with van der Waals surface area (Å²) >= 11 is 0. The Bertz CT molecular complexity index is 770. The minimum absolute atomic E-state index is 0.223. The Morgan fingerprint density at radius 1 is 0.846 bits per heavy atom. The Kier molecular flexibility index (Phi) is 3.64. The third kappa shape index (κ3) is 2.19. The standard InChI is InChI=1S/C19H19NO6/c1-25-16(23)18-6-9-19(10-7-18,11-8-18)17(24)26-20-14(21)12-4-2-3-5-13(12)15(20)22/h2-5H,6-11H2,1H3. The molecule has 0 atom stereocenters. The monoisotopic (exact) mass is 357 g/mol. The van der Waals surface area contributed by atoms with Crippen LogP contribution < -0.4 is 0 Å². The van der Waals surface area contributed by atoms with Crippen LogP contribution in [0.3, 0.4) is 0 Å². The third-order valence-electron chi connectivity index (χ3n) is 6.23. The van der Waals surface area contributed by atoms with Crippen molar-refractivity contribution in [1.29, 1.82) is 0 Å². The number of amides is 2. The first-order chi connectivity index (χ1) is 12.4. The van der Waals surface area contributed by atoms with E-state index in [1.54, 1.807) is 12.1 Å². The second-order valence-corrected chi connectivity index (χ2v) is 7.38. The molecule has 7 nitrogen and oxygen atoms in total. The van der Waals surface area contributed by atoms with Crippen molar-refractivity contribution in [3.05, 3.63) is 35.4 Å². The van der Waals surface area contributed by atoms with Gasteiger partial charge < -0.3 is 9.57 Å². The second kappa shape index (κ2) is 5.65. The number of carbonyl (C=O) groups is 4. The molecule has 0 aromatic heterocycles. The molecule has 0 radical (unpaired) electrons. The van der Waals surface area contributed by atoms with Crippen LogP contribution in [0.25, 0.3) is 0 Å². The molecule has 1 aromatic carbocycles. The number of hydrogen-bond acceptors (Lipinski definition) is 6. The maximum absolute atomic E-state index is 12.8. The minimum Gasteiger partial charge on any atom is -0.469 e. The molecule has 5 rings (SSSR count). The van der Waals surface area contributed by atoms with E-state index in [9.17, 15) is 19.2 Å². The summed E-state index contributed by atoms with van der Waals surface area (Å²) in [5.41, 5.74) is -0.781. The predicted octanol–water partition coefficient (Wildman–Crippen LogP) is 2.25. The maximum atomic E-state index is 12.8. The fraction of sp³-hybridized carbons (Fsp3) is 0.474. The van der Waals surface area contributed by atoms with E-state index in [0.29, 0.717) is 43.6 Å². The molecule has 2 bridgehead atoms. The smallest absolute Gasteiger partial charge is 0.339 e. The Labute approximate surface area is 150 Å². The highest BCUT2D eigenvalue weighted by Crippen LogP contribution is 2.57. The van der Waals surface area contributed by atoms with Gasteiger partial charge in [0, 0.05) is 0 Å². The fourth-order valence-electron chi connectivity index (χ4n) is 4.44. The van der Waals surface area contributed by atoms with Gasteiger partial charge in [0.25, 0.3) is 11.8 Å². The number of benzene rings is 1. The van der Waals surface area contributed by atoms with Crippen molar-refractivity contribution in [1.82, 2.24) is 5.06 Å². The largest absolute Gasteiger partial charge is 0.469 e. The summed E-state index contributed by atoms with van der Waals surface area (Å²) < 4.78 is 4.92. The van der Waals surface area contributed by atoms with E-state index in [0.717, 1.165) is 0 Å². The molecular formula is C19H19NO6. The van der Waals surface area contributed by atoms with Gasteiger partial charge in [0.1, 0.15) is 0 Å². The minimum atomic E-state index is -0.745. The first-order valence-electron chi connectivity index (χ1n) is 8.71. The third-order valence-corrected chi connectivity index (χ3v) is 6.23. The highest BCUT2D eigenvalue weighted by Gasteiger charge is 2.57. The Morgan fingerprint density at radius 2 is 1.27 bits per heavy atom. The topological polar surface area (TPSA) is 90.0 Å². The van der Waals surface area contributed by atoms with E-state index in [1.165, 1.54) is 19.2 Å². The predicted molar refractivity (Wildman–Crippen MR) is 87.6 cm³/mol. The number of rotatable bonds is 3. The molecule has 3 aliphatic carbocycles. The van der Waals surface area contributed by atoms with Crippen LogP contribution in [-0.2, 0) is 19.2 Å². The van der Waals surface area contributed by atoms with E-state index in [4.69, 9.17) is 9.57 Å². The van der Waals surface area contributed by atoms with Crippen LogP contribution in [0, 0.1) is 10.8 Å². The van der Waals surface area contributed by atoms with Gasteiger partial charge >= 0.3 is 11.9 Å². The molecule has 0 unspecified atom stereocenters. The van der Waals surface area contributed by atoms with E-state index < -0.39 is 28.6 Å². The van der Waals surface area contributed by atoms with E-state index >= 15 is 0 Å². The number of methoxy groups -OCH3 is 1. The van der Waals surface area contributed by atoms with Crippen molar-refractivity contribution in [2.45, 2.75) is 38.5 Å². The van der Waals surface area contributed by atoms with Crippen molar-refractivity contribution in [2.75, 3.05) is 7.11 Å². The quantitative estimate of drug-likeness (QED) is 0.609. The number of ether oxygens (including phenoxy) is 1. The number of fused-ring (bicyclic) bond motifs is 4. The van der Waals surface area contributed by atoms with E-state index in [2.05, 4.69) is 0 Å². The van der Waals surface area contributed by atoms with Crippen molar-refractivity contribution in [3.8, 4) is 0 Å². The van der Waals surface area contributed by atoms with Gasteiger partial charge in [-0.1, -0.05) is 17.2 Å². The average molecular weight is 357 g/mol. The lowest BCUT2D eigenvalue weighted by Gasteiger charge is -2.49. The first-order valence-corrected chi connectivity index (χ1v) is 8.71. The summed E-state index contributed by atoms with van der Waals surface area (Å²) in [5.74, 6) is -2.03.